The van der Waals surface area contributed by atoms with Gasteiger partial charge in [-0.25, -0.2) is 0 Å². The van der Waals surface area contributed by atoms with Gasteiger partial charge in [-0.2, -0.15) is 0 Å². The summed E-state index contributed by atoms with van der Waals surface area (Å²) in [6, 6.07) is 8.67. The lowest BCUT2D eigenvalue weighted by molar-refractivity contribution is 0.150. The second kappa shape index (κ2) is 12.2. The quantitative estimate of drug-likeness (QED) is 0.355. The Labute approximate surface area is 217 Å². The van der Waals surface area contributed by atoms with E-state index in [0.29, 0.717) is 46.1 Å². The number of methoxy groups -OCH3 is 4. The summed E-state index contributed by atoms with van der Waals surface area (Å²) in [5.74, 6) is 2.40. The van der Waals surface area contributed by atoms with Gasteiger partial charge in [0.25, 0.3) is 0 Å². The van der Waals surface area contributed by atoms with Crippen molar-refractivity contribution in [2.24, 2.45) is 0 Å². The first-order chi connectivity index (χ1) is 18.0. The van der Waals surface area contributed by atoms with Crippen LogP contribution >= 0.6 is 0 Å². The van der Waals surface area contributed by atoms with Crippen molar-refractivity contribution in [3.8, 4) is 40.1 Å². The first kappa shape index (κ1) is 26.6. The predicted octanol–water partition coefficient (Wildman–Crippen LogP) is 3.90. The van der Waals surface area contributed by atoms with Gasteiger partial charge >= 0.3 is 0 Å². The van der Waals surface area contributed by atoms with Crippen LogP contribution in [-0.2, 0) is 0 Å². The van der Waals surface area contributed by atoms with Gasteiger partial charge in [-0.3, -0.25) is 4.79 Å². The highest BCUT2D eigenvalue weighted by atomic mass is 16.5. The molecule has 200 valence electrons. The molecule has 1 fully saturated rings. The van der Waals surface area contributed by atoms with Crippen molar-refractivity contribution in [1.29, 1.82) is 0 Å². The molecule has 1 aromatic heterocycles. The first-order valence-corrected chi connectivity index (χ1v) is 12.5. The highest BCUT2D eigenvalue weighted by Crippen LogP contribution is 2.39. The lowest BCUT2D eigenvalue weighted by Crippen LogP contribution is -2.44. The van der Waals surface area contributed by atoms with Crippen LogP contribution in [0.1, 0.15) is 12.8 Å². The van der Waals surface area contributed by atoms with Gasteiger partial charge < -0.3 is 37.9 Å². The van der Waals surface area contributed by atoms with Crippen molar-refractivity contribution < 1.29 is 28.1 Å². The van der Waals surface area contributed by atoms with Crippen LogP contribution in [-0.4, -0.2) is 84.6 Å². The topological polar surface area (TPSA) is 82.8 Å². The molecule has 0 unspecified atom stereocenters. The smallest absolute Gasteiger partial charge is 0.239 e. The molecule has 0 atom stereocenters. The molecule has 0 N–H and O–H groups in total. The van der Waals surface area contributed by atoms with Crippen LogP contribution in [0.3, 0.4) is 0 Å². The van der Waals surface area contributed by atoms with Gasteiger partial charge in [-0.05, 0) is 44.6 Å². The van der Waals surface area contributed by atoms with E-state index in [9.17, 15) is 4.79 Å². The molecule has 0 saturated carbocycles. The van der Waals surface area contributed by atoms with E-state index in [1.807, 2.05) is 0 Å². The van der Waals surface area contributed by atoms with Crippen LogP contribution in [0.15, 0.2) is 39.5 Å². The fourth-order valence-corrected chi connectivity index (χ4v) is 4.52. The van der Waals surface area contributed by atoms with Gasteiger partial charge in [0, 0.05) is 43.9 Å². The van der Waals surface area contributed by atoms with E-state index < -0.39 is 0 Å². The van der Waals surface area contributed by atoms with Crippen molar-refractivity contribution in [3.05, 3.63) is 40.6 Å². The Balaban J connectivity index is 1.60. The molecule has 2 heterocycles. The maximum Gasteiger partial charge on any atom is 0.239 e. The number of piperazine rings is 1. The summed E-state index contributed by atoms with van der Waals surface area (Å²) >= 11 is 0. The molecule has 0 radical (unpaired) electrons. The molecular weight excluding hydrogens is 476 g/mol. The summed E-state index contributed by atoms with van der Waals surface area (Å²) in [6.07, 6.45) is 1.89. The van der Waals surface area contributed by atoms with Crippen molar-refractivity contribution >= 4 is 11.0 Å². The van der Waals surface area contributed by atoms with Gasteiger partial charge in [-0.1, -0.05) is 0 Å². The molecule has 0 spiro atoms. The molecule has 4 rings (SSSR count). The van der Waals surface area contributed by atoms with Crippen LogP contribution in [0.2, 0.25) is 0 Å². The van der Waals surface area contributed by atoms with Crippen LogP contribution in [0, 0.1) is 0 Å². The molecular formula is C28H36N2O7. The van der Waals surface area contributed by atoms with Crippen molar-refractivity contribution in [2.75, 3.05) is 74.8 Å². The SMILES string of the molecule is COc1cc(OCCCCN2CCN(C)CC2)c2c(=O)c(OC)c(-c3ccc(OC)c(OC)c3)oc2c1. The second-order valence-electron chi connectivity index (χ2n) is 9.06. The third kappa shape index (κ3) is 5.94. The summed E-state index contributed by atoms with van der Waals surface area (Å²) in [6.45, 7) is 5.93. The van der Waals surface area contributed by atoms with Gasteiger partial charge in [-0.15, -0.1) is 0 Å². The molecule has 0 bridgehead atoms. The zero-order valence-electron chi connectivity index (χ0n) is 22.3. The van der Waals surface area contributed by atoms with E-state index in [-0.39, 0.29) is 16.9 Å². The number of rotatable bonds is 11. The fourth-order valence-electron chi connectivity index (χ4n) is 4.52. The van der Waals surface area contributed by atoms with Crippen molar-refractivity contribution in [1.82, 2.24) is 9.80 Å². The Morgan fingerprint density at radius 3 is 2.27 bits per heavy atom. The largest absolute Gasteiger partial charge is 0.496 e. The molecule has 0 amide bonds. The number of ether oxygens (including phenoxy) is 5. The van der Waals surface area contributed by atoms with Gasteiger partial charge in [0.15, 0.2) is 17.3 Å². The second-order valence-corrected chi connectivity index (χ2v) is 9.06. The Morgan fingerprint density at radius 1 is 0.838 bits per heavy atom. The Kier molecular flexibility index (Phi) is 8.78. The zero-order valence-corrected chi connectivity index (χ0v) is 22.3. The van der Waals surface area contributed by atoms with E-state index in [1.54, 1.807) is 51.7 Å². The number of hydrogen-bond acceptors (Lipinski definition) is 9. The standard InChI is InChI=1S/C28H36N2O7/c1-29-11-13-30(14-12-29)10-6-7-15-36-23-17-20(32-2)18-24-25(23)26(31)28(35-5)27(37-24)19-8-9-21(33-3)22(16-19)34-4/h8-9,16-18H,6-7,10-15H2,1-5H3. The number of nitrogens with zero attached hydrogens (tertiary/aromatic N) is 2. The molecule has 9 nitrogen and oxygen atoms in total. The third-order valence-electron chi connectivity index (χ3n) is 6.70. The maximum atomic E-state index is 13.6. The van der Waals surface area contributed by atoms with Crippen LogP contribution in [0.5, 0.6) is 28.7 Å². The van der Waals surface area contributed by atoms with Crippen molar-refractivity contribution in [2.45, 2.75) is 12.8 Å². The van der Waals surface area contributed by atoms with Gasteiger partial charge in [0.1, 0.15) is 22.5 Å². The Hall–Kier alpha value is -3.43. The highest BCUT2D eigenvalue weighted by molar-refractivity contribution is 5.88. The number of benzene rings is 2. The third-order valence-corrected chi connectivity index (χ3v) is 6.70. The monoisotopic (exact) mass is 512 g/mol. The number of hydrogen-bond donors (Lipinski definition) is 0. The Morgan fingerprint density at radius 2 is 1.59 bits per heavy atom. The molecule has 0 aliphatic carbocycles. The molecule has 1 saturated heterocycles. The van der Waals surface area contributed by atoms with E-state index in [1.165, 1.54) is 7.11 Å². The molecule has 37 heavy (non-hydrogen) atoms. The lowest BCUT2D eigenvalue weighted by atomic mass is 10.1. The highest BCUT2D eigenvalue weighted by Gasteiger charge is 2.22. The normalized spacial score (nSPS) is 14.5. The lowest BCUT2D eigenvalue weighted by Gasteiger charge is -2.32. The van der Waals surface area contributed by atoms with E-state index in [0.717, 1.165) is 45.6 Å². The van der Waals surface area contributed by atoms with E-state index >= 15 is 0 Å². The van der Waals surface area contributed by atoms with E-state index in [4.69, 9.17) is 28.1 Å². The molecule has 2 aromatic carbocycles. The minimum absolute atomic E-state index is 0.0878. The minimum atomic E-state index is -0.316. The average Bonchev–Trinajstić information content (AvgIpc) is 2.92. The Bertz CT molecular complexity index is 1270. The van der Waals surface area contributed by atoms with Crippen LogP contribution < -0.4 is 29.1 Å². The number of fused-ring (bicyclic) bond motifs is 1. The number of likely N-dealkylation sites (N-methyl/N-ethyl adjacent to an activating group) is 1. The minimum Gasteiger partial charge on any atom is -0.496 e. The molecule has 1 aliphatic rings. The number of unbranched alkanes of at least 4 members (excludes halogenated alkanes) is 1. The van der Waals surface area contributed by atoms with Gasteiger partial charge in [0.2, 0.25) is 11.2 Å². The molecule has 1 aliphatic heterocycles. The summed E-state index contributed by atoms with van der Waals surface area (Å²) in [4.78, 5) is 18.4. The maximum absolute atomic E-state index is 13.6. The fraction of sp³-hybridized carbons (Fsp3) is 0.464. The summed E-state index contributed by atoms with van der Waals surface area (Å²) < 4.78 is 34.1. The van der Waals surface area contributed by atoms with Crippen LogP contribution in [0.4, 0.5) is 0 Å². The van der Waals surface area contributed by atoms with Gasteiger partial charge in [0.05, 0.1) is 35.0 Å². The molecule has 3 aromatic rings. The summed E-state index contributed by atoms with van der Waals surface area (Å²) in [5, 5.41) is 0.320. The average molecular weight is 513 g/mol. The summed E-state index contributed by atoms with van der Waals surface area (Å²) in [7, 11) is 8.29. The predicted molar refractivity (Wildman–Crippen MR) is 143 cm³/mol. The van der Waals surface area contributed by atoms with Crippen molar-refractivity contribution in [3.63, 3.8) is 0 Å². The van der Waals surface area contributed by atoms with E-state index in [2.05, 4.69) is 16.8 Å². The first-order valence-electron chi connectivity index (χ1n) is 12.5. The molecule has 9 heteroatoms. The van der Waals surface area contributed by atoms with Crippen LogP contribution in [0.25, 0.3) is 22.3 Å². The zero-order chi connectivity index (χ0) is 26.4. The summed E-state index contributed by atoms with van der Waals surface area (Å²) in [5.41, 5.74) is 0.647.